The molecular weight excluding hydrogens is 248 g/mol. The summed E-state index contributed by atoms with van der Waals surface area (Å²) in [5.74, 6) is 5.66. The Bertz CT molecular complexity index is 549. The van der Waals surface area contributed by atoms with Gasteiger partial charge < -0.3 is 0 Å². The van der Waals surface area contributed by atoms with Crippen LogP contribution in [0.3, 0.4) is 0 Å². The number of hydrogen-bond donors (Lipinski definition) is 2. The number of rotatable bonds is 4. The molecule has 4 nitrogen and oxygen atoms in total. The SMILES string of the molecule is Cn1ccc(C(Cc2ccc(C(C)(C)C)cc2)NN)n1. The highest BCUT2D eigenvalue weighted by atomic mass is 15.3. The van der Waals surface area contributed by atoms with E-state index in [1.165, 1.54) is 11.1 Å². The molecule has 0 aliphatic rings. The number of hydrazine groups is 1. The van der Waals surface area contributed by atoms with E-state index >= 15 is 0 Å². The van der Waals surface area contributed by atoms with Crippen LogP contribution in [0.15, 0.2) is 36.5 Å². The molecular formula is C16H24N4. The third-order valence-corrected chi connectivity index (χ3v) is 3.55. The molecule has 0 saturated carbocycles. The molecule has 0 bridgehead atoms. The highest BCUT2D eigenvalue weighted by Gasteiger charge is 2.15. The molecule has 0 radical (unpaired) electrons. The summed E-state index contributed by atoms with van der Waals surface area (Å²) < 4.78 is 1.79. The Labute approximate surface area is 121 Å². The number of hydrogen-bond acceptors (Lipinski definition) is 3. The maximum Gasteiger partial charge on any atom is 0.0810 e. The van der Waals surface area contributed by atoms with Crippen LogP contribution in [0.5, 0.6) is 0 Å². The van der Waals surface area contributed by atoms with Crippen LogP contribution in [0.2, 0.25) is 0 Å². The third-order valence-electron chi connectivity index (χ3n) is 3.55. The van der Waals surface area contributed by atoms with E-state index in [0.29, 0.717) is 0 Å². The molecule has 20 heavy (non-hydrogen) atoms. The highest BCUT2D eigenvalue weighted by molar-refractivity contribution is 5.28. The Morgan fingerprint density at radius 2 is 1.85 bits per heavy atom. The largest absolute Gasteiger partial charge is 0.275 e. The minimum Gasteiger partial charge on any atom is -0.275 e. The maximum atomic E-state index is 5.66. The van der Waals surface area contributed by atoms with Crippen molar-refractivity contribution in [1.29, 1.82) is 0 Å². The van der Waals surface area contributed by atoms with Gasteiger partial charge in [-0.1, -0.05) is 45.0 Å². The van der Waals surface area contributed by atoms with E-state index in [2.05, 4.69) is 55.6 Å². The van der Waals surface area contributed by atoms with E-state index in [1.807, 2.05) is 19.3 Å². The number of benzene rings is 1. The number of aryl methyl sites for hydroxylation is 1. The summed E-state index contributed by atoms with van der Waals surface area (Å²) in [7, 11) is 1.91. The van der Waals surface area contributed by atoms with Gasteiger partial charge in [-0.15, -0.1) is 0 Å². The fraction of sp³-hybridized carbons (Fsp3) is 0.438. The van der Waals surface area contributed by atoms with Gasteiger partial charge in [0.15, 0.2) is 0 Å². The lowest BCUT2D eigenvalue weighted by Crippen LogP contribution is -2.30. The first-order valence-corrected chi connectivity index (χ1v) is 6.95. The van der Waals surface area contributed by atoms with Crippen LogP contribution in [-0.2, 0) is 18.9 Å². The average Bonchev–Trinajstić information content (AvgIpc) is 2.82. The molecule has 0 amide bonds. The van der Waals surface area contributed by atoms with Crippen LogP contribution >= 0.6 is 0 Å². The average molecular weight is 272 g/mol. The summed E-state index contributed by atoms with van der Waals surface area (Å²) in [6, 6.07) is 10.8. The highest BCUT2D eigenvalue weighted by Crippen LogP contribution is 2.23. The second-order valence-electron chi connectivity index (χ2n) is 6.28. The van der Waals surface area contributed by atoms with Crippen LogP contribution in [-0.4, -0.2) is 9.78 Å². The molecule has 0 spiro atoms. The zero-order chi connectivity index (χ0) is 14.8. The van der Waals surface area contributed by atoms with E-state index < -0.39 is 0 Å². The molecule has 1 atom stereocenters. The lowest BCUT2D eigenvalue weighted by molar-refractivity contribution is 0.528. The van der Waals surface area contributed by atoms with Crippen LogP contribution in [0, 0.1) is 0 Å². The molecule has 1 heterocycles. The van der Waals surface area contributed by atoms with Gasteiger partial charge in [0, 0.05) is 13.2 Å². The predicted molar refractivity (Wildman–Crippen MR) is 82.1 cm³/mol. The summed E-state index contributed by atoms with van der Waals surface area (Å²) >= 11 is 0. The molecule has 4 heteroatoms. The molecule has 0 aliphatic carbocycles. The van der Waals surface area contributed by atoms with Gasteiger partial charge in [0.1, 0.15) is 0 Å². The first kappa shape index (κ1) is 14.8. The van der Waals surface area contributed by atoms with Gasteiger partial charge in [-0.25, -0.2) is 0 Å². The third kappa shape index (κ3) is 3.46. The lowest BCUT2D eigenvalue weighted by Gasteiger charge is -2.20. The van der Waals surface area contributed by atoms with Crippen LogP contribution in [0.1, 0.15) is 43.6 Å². The van der Waals surface area contributed by atoms with Gasteiger partial charge in [0.05, 0.1) is 11.7 Å². The van der Waals surface area contributed by atoms with Gasteiger partial charge >= 0.3 is 0 Å². The summed E-state index contributed by atoms with van der Waals surface area (Å²) in [6.07, 6.45) is 2.76. The Balaban J connectivity index is 2.12. The normalized spacial score (nSPS) is 13.4. The van der Waals surface area contributed by atoms with Crippen molar-refractivity contribution in [3.05, 3.63) is 53.3 Å². The van der Waals surface area contributed by atoms with Crippen molar-refractivity contribution in [2.24, 2.45) is 12.9 Å². The molecule has 0 aliphatic heterocycles. The van der Waals surface area contributed by atoms with Gasteiger partial charge in [0.25, 0.3) is 0 Å². The first-order chi connectivity index (χ1) is 9.40. The van der Waals surface area contributed by atoms with Gasteiger partial charge in [-0.05, 0) is 29.0 Å². The summed E-state index contributed by atoms with van der Waals surface area (Å²) in [4.78, 5) is 0. The second kappa shape index (κ2) is 5.77. The number of nitrogens with one attached hydrogen (secondary N) is 1. The fourth-order valence-corrected chi connectivity index (χ4v) is 2.24. The monoisotopic (exact) mass is 272 g/mol. The quantitative estimate of drug-likeness (QED) is 0.664. The molecule has 2 aromatic rings. The van der Waals surface area contributed by atoms with Gasteiger partial charge in [-0.3, -0.25) is 16.0 Å². The zero-order valence-corrected chi connectivity index (χ0v) is 12.7. The molecule has 1 unspecified atom stereocenters. The minimum absolute atomic E-state index is 0.0386. The van der Waals surface area contributed by atoms with Crippen molar-refractivity contribution in [1.82, 2.24) is 15.2 Å². The smallest absolute Gasteiger partial charge is 0.0810 e. The summed E-state index contributed by atoms with van der Waals surface area (Å²) in [5.41, 5.74) is 6.60. The van der Waals surface area contributed by atoms with Crippen molar-refractivity contribution >= 4 is 0 Å². The fourth-order valence-electron chi connectivity index (χ4n) is 2.24. The van der Waals surface area contributed by atoms with Crippen molar-refractivity contribution < 1.29 is 0 Å². The zero-order valence-electron chi connectivity index (χ0n) is 12.7. The Morgan fingerprint density at radius 3 is 2.30 bits per heavy atom. The maximum absolute atomic E-state index is 5.66. The molecule has 1 aromatic carbocycles. The number of aromatic nitrogens is 2. The Hall–Kier alpha value is -1.65. The van der Waals surface area contributed by atoms with Crippen LogP contribution in [0.4, 0.5) is 0 Å². The first-order valence-electron chi connectivity index (χ1n) is 6.95. The van der Waals surface area contributed by atoms with Crippen molar-refractivity contribution in [2.75, 3.05) is 0 Å². The van der Waals surface area contributed by atoms with E-state index in [1.54, 1.807) is 4.68 Å². The van der Waals surface area contributed by atoms with Crippen LogP contribution < -0.4 is 11.3 Å². The molecule has 0 fully saturated rings. The molecule has 108 valence electrons. The molecule has 3 N–H and O–H groups in total. The van der Waals surface area contributed by atoms with Crippen molar-refractivity contribution in [3.63, 3.8) is 0 Å². The minimum atomic E-state index is 0.0386. The molecule has 0 saturated heterocycles. The standard InChI is InChI=1S/C16H24N4/c1-16(2,3)13-7-5-12(6-8-13)11-15(18-17)14-9-10-20(4)19-14/h5-10,15,18H,11,17H2,1-4H3. The van der Waals surface area contributed by atoms with Crippen molar-refractivity contribution in [2.45, 2.75) is 38.6 Å². The molecule has 1 aromatic heterocycles. The van der Waals surface area contributed by atoms with Gasteiger partial charge in [0.2, 0.25) is 0 Å². The van der Waals surface area contributed by atoms with Crippen LogP contribution in [0.25, 0.3) is 0 Å². The topological polar surface area (TPSA) is 55.9 Å². The summed E-state index contributed by atoms with van der Waals surface area (Å²) in [6.45, 7) is 6.67. The summed E-state index contributed by atoms with van der Waals surface area (Å²) in [5, 5.41) is 4.41. The van der Waals surface area contributed by atoms with E-state index in [9.17, 15) is 0 Å². The molecule has 2 rings (SSSR count). The second-order valence-corrected chi connectivity index (χ2v) is 6.28. The van der Waals surface area contributed by atoms with Gasteiger partial charge in [-0.2, -0.15) is 5.10 Å². The van der Waals surface area contributed by atoms with E-state index in [-0.39, 0.29) is 11.5 Å². The Kier molecular flexibility index (Phi) is 4.26. The van der Waals surface area contributed by atoms with E-state index in [0.717, 1.165) is 12.1 Å². The predicted octanol–water partition coefficient (Wildman–Crippen LogP) is 2.46. The number of nitrogens with two attached hydrogens (primary N) is 1. The Morgan fingerprint density at radius 1 is 1.20 bits per heavy atom. The lowest BCUT2D eigenvalue weighted by atomic mass is 9.86. The van der Waals surface area contributed by atoms with Crippen molar-refractivity contribution in [3.8, 4) is 0 Å². The van der Waals surface area contributed by atoms with E-state index in [4.69, 9.17) is 5.84 Å². The number of nitrogens with zero attached hydrogens (tertiary/aromatic N) is 2.